The summed E-state index contributed by atoms with van der Waals surface area (Å²) >= 11 is 1.41. The van der Waals surface area contributed by atoms with Gasteiger partial charge in [-0.25, -0.2) is 8.42 Å². The zero-order chi connectivity index (χ0) is 18.3. The summed E-state index contributed by atoms with van der Waals surface area (Å²) in [5.74, 6) is 1.48. The summed E-state index contributed by atoms with van der Waals surface area (Å²) < 4.78 is 34.8. The van der Waals surface area contributed by atoms with E-state index in [0.717, 1.165) is 12.0 Å². The van der Waals surface area contributed by atoms with Crippen molar-refractivity contribution in [3.63, 3.8) is 0 Å². The molecule has 0 radical (unpaired) electrons. The largest absolute Gasteiger partial charge is 0.454 e. The van der Waals surface area contributed by atoms with Gasteiger partial charge in [0.05, 0.1) is 17.5 Å². The zero-order valence-corrected chi connectivity index (χ0v) is 16.0. The Labute approximate surface area is 156 Å². The number of nitrogens with zero attached hydrogens (tertiary/aromatic N) is 2. The minimum atomic E-state index is -3.05. The monoisotopic (exact) mass is 396 g/mol. The third kappa shape index (κ3) is 3.42. The molecule has 0 aliphatic carbocycles. The number of carbonyl (C=O) groups is 1. The van der Waals surface area contributed by atoms with Crippen LogP contribution in [0.3, 0.4) is 0 Å². The van der Waals surface area contributed by atoms with Crippen LogP contribution in [0.2, 0.25) is 0 Å². The van der Waals surface area contributed by atoms with Crippen molar-refractivity contribution in [1.29, 1.82) is 0 Å². The average Bonchev–Trinajstić information content (AvgIpc) is 3.22. The van der Waals surface area contributed by atoms with Gasteiger partial charge in [0.15, 0.2) is 26.5 Å². The van der Waals surface area contributed by atoms with Gasteiger partial charge in [-0.3, -0.25) is 4.79 Å². The van der Waals surface area contributed by atoms with Crippen LogP contribution in [0, 0.1) is 0 Å². The van der Waals surface area contributed by atoms with Gasteiger partial charge in [-0.2, -0.15) is 4.99 Å². The molecule has 2 saturated heterocycles. The number of hydrogen-bond acceptors (Lipinski definition) is 6. The van der Waals surface area contributed by atoms with Gasteiger partial charge >= 0.3 is 0 Å². The Balaban J connectivity index is 1.61. The van der Waals surface area contributed by atoms with Gasteiger partial charge in [0, 0.05) is 18.2 Å². The first-order chi connectivity index (χ1) is 12.4. The molecule has 1 aromatic carbocycles. The standard InChI is InChI=1S/C17H20N2O5S2/c1-2-3-16(20)18-17-19(12-8-26(21,22)9-15(12)25-17)7-11-4-5-13-14(6-11)24-10-23-13/h4-6,12,15H,2-3,7-10H2,1H3/t12-,15-/m0/s1. The number of fused-ring (bicyclic) bond motifs is 2. The van der Waals surface area contributed by atoms with Crippen molar-refractivity contribution in [1.82, 2.24) is 4.90 Å². The highest BCUT2D eigenvalue weighted by molar-refractivity contribution is 8.15. The van der Waals surface area contributed by atoms with Crippen molar-refractivity contribution < 1.29 is 22.7 Å². The van der Waals surface area contributed by atoms with Crippen LogP contribution in [0.5, 0.6) is 11.5 Å². The van der Waals surface area contributed by atoms with Crippen LogP contribution in [0.15, 0.2) is 23.2 Å². The molecular formula is C17H20N2O5S2. The van der Waals surface area contributed by atoms with Gasteiger partial charge in [-0.05, 0) is 24.1 Å². The van der Waals surface area contributed by atoms with Crippen LogP contribution in [-0.2, 0) is 21.2 Å². The molecule has 2 atom stereocenters. The second kappa shape index (κ2) is 6.77. The molecule has 0 N–H and O–H groups in total. The highest BCUT2D eigenvalue weighted by Gasteiger charge is 2.48. The number of amidine groups is 1. The Hall–Kier alpha value is -1.74. The number of hydrogen-bond donors (Lipinski definition) is 0. The van der Waals surface area contributed by atoms with E-state index in [2.05, 4.69) is 4.99 Å². The van der Waals surface area contributed by atoms with Crippen LogP contribution in [0.4, 0.5) is 0 Å². The summed E-state index contributed by atoms with van der Waals surface area (Å²) in [6.45, 7) is 2.63. The zero-order valence-electron chi connectivity index (χ0n) is 14.4. The van der Waals surface area contributed by atoms with Gasteiger partial charge in [0.2, 0.25) is 12.7 Å². The minimum Gasteiger partial charge on any atom is -0.454 e. The number of ether oxygens (including phenoxy) is 2. The van der Waals surface area contributed by atoms with Gasteiger partial charge < -0.3 is 14.4 Å². The highest BCUT2D eigenvalue weighted by atomic mass is 32.2. The maximum absolute atomic E-state index is 12.0. The molecule has 0 unspecified atom stereocenters. The fourth-order valence-corrected chi connectivity index (χ4v) is 7.40. The van der Waals surface area contributed by atoms with E-state index in [0.29, 0.717) is 29.6 Å². The summed E-state index contributed by atoms with van der Waals surface area (Å²) in [6, 6.07) is 5.53. The number of aliphatic imine (C=N–C) groups is 1. The second-order valence-electron chi connectivity index (χ2n) is 6.65. The lowest BCUT2D eigenvalue weighted by molar-refractivity contribution is -0.117. The van der Waals surface area contributed by atoms with Crippen LogP contribution in [0.1, 0.15) is 25.3 Å². The number of thioether (sulfide) groups is 1. The number of amides is 1. The molecular weight excluding hydrogens is 376 g/mol. The Kier molecular flexibility index (Phi) is 4.60. The maximum atomic E-state index is 12.0. The highest BCUT2D eigenvalue weighted by Crippen LogP contribution is 2.40. The fourth-order valence-electron chi connectivity index (χ4n) is 3.43. The lowest BCUT2D eigenvalue weighted by Gasteiger charge is -2.24. The minimum absolute atomic E-state index is 0.0674. The lowest BCUT2D eigenvalue weighted by atomic mass is 10.1. The van der Waals surface area contributed by atoms with E-state index in [1.807, 2.05) is 30.0 Å². The van der Waals surface area contributed by atoms with Gasteiger partial charge in [-0.1, -0.05) is 24.8 Å². The van der Waals surface area contributed by atoms with E-state index in [4.69, 9.17) is 9.47 Å². The third-order valence-corrected chi connectivity index (χ3v) is 7.90. The first kappa shape index (κ1) is 17.7. The summed E-state index contributed by atoms with van der Waals surface area (Å²) in [4.78, 5) is 18.2. The van der Waals surface area contributed by atoms with Crippen LogP contribution in [-0.4, -0.2) is 54.0 Å². The molecule has 2 fully saturated rings. The number of sulfone groups is 1. The van der Waals surface area contributed by atoms with Crippen molar-refractivity contribution in [2.24, 2.45) is 4.99 Å². The molecule has 9 heteroatoms. The Morgan fingerprint density at radius 3 is 2.92 bits per heavy atom. The van der Waals surface area contributed by atoms with Crippen molar-refractivity contribution in [3.05, 3.63) is 23.8 Å². The summed E-state index contributed by atoms with van der Waals surface area (Å²) in [7, 11) is -3.05. The quantitative estimate of drug-likeness (QED) is 0.767. The molecule has 0 spiro atoms. The van der Waals surface area contributed by atoms with Crippen molar-refractivity contribution in [2.45, 2.75) is 37.6 Å². The molecule has 7 nitrogen and oxygen atoms in total. The van der Waals surface area contributed by atoms with E-state index >= 15 is 0 Å². The summed E-state index contributed by atoms with van der Waals surface area (Å²) in [5.41, 5.74) is 0.968. The molecule has 140 valence electrons. The van der Waals surface area contributed by atoms with Crippen molar-refractivity contribution in [2.75, 3.05) is 18.3 Å². The fraction of sp³-hybridized carbons (Fsp3) is 0.529. The molecule has 1 amide bonds. The smallest absolute Gasteiger partial charge is 0.248 e. The normalized spacial score (nSPS) is 27.1. The van der Waals surface area contributed by atoms with Crippen LogP contribution >= 0.6 is 11.8 Å². The summed E-state index contributed by atoms with van der Waals surface area (Å²) in [5, 5.41) is 0.563. The van der Waals surface area contributed by atoms with E-state index in [1.54, 1.807) is 0 Å². The van der Waals surface area contributed by atoms with Crippen molar-refractivity contribution >= 4 is 32.7 Å². The van der Waals surface area contributed by atoms with Crippen molar-refractivity contribution in [3.8, 4) is 11.5 Å². The summed E-state index contributed by atoms with van der Waals surface area (Å²) in [6.07, 6.45) is 1.14. The molecule has 0 saturated carbocycles. The maximum Gasteiger partial charge on any atom is 0.248 e. The first-order valence-corrected chi connectivity index (χ1v) is 11.3. The predicted octanol–water partition coefficient (Wildman–Crippen LogP) is 1.81. The Morgan fingerprint density at radius 1 is 1.31 bits per heavy atom. The molecule has 3 heterocycles. The molecule has 26 heavy (non-hydrogen) atoms. The van der Waals surface area contributed by atoms with E-state index in [9.17, 15) is 13.2 Å². The topological polar surface area (TPSA) is 85.3 Å². The SMILES string of the molecule is CCCC(=O)N=C1S[C@H]2CS(=O)(=O)C[C@@H]2N1Cc1ccc2c(c1)OCO2. The predicted molar refractivity (Wildman–Crippen MR) is 99.3 cm³/mol. The molecule has 1 aromatic rings. The number of rotatable bonds is 4. The van der Waals surface area contributed by atoms with E-state index in [1.165, 1.54) is 11.8 Å². The third-order valence-electron chi connectivity index (χ3n) is 4.65. The number of benzene rings is 1. The molecule has 0 bridgehead atoms. The Morgan fingerprint density at radius 2 is 2.12 bits per heavy atom. The average molecular weight is 396 g/mol. The molecule has 3 aliphatic rings. The molecule has 4 rings (SSSR count). The molecule has 3 aliphatic heterocycles. The Bertz CT molecular complexity index is 868. The second-order valence-corrected chi connectivity index (χ2v) is 10.0. The van der Waals surface area contributed by atoms with E-state index < -0.39 is 9.84 Å². The molecule has 0 aromatic heterocycles. The lowest BCUT2D eigenvalue weighted by Crippen LogP contribution is -2.37. The van der Waals surface area contributed by atoms with Gasteiger partial charge in [0.1, 0.15) is 0 Å². The first-order valence-electron chi connectivity index (χ1n) is 8.59. The number of carbonyl (C=O) groups excluding carboxylic acids is 1. The van der Waals surface area contributed by atoms with Gasteiger partial charge in [0.25, 0.3) is 0 Å². The van der Waals surface area contributed by atoms with E-state index in [-0.39, 0.29) is 35.5 Å². The van der Waals surface area contributed by atoms with Crippen LogP contribution < -0.4 is 9.47 Å². The van der Waals surface area contributed by atoms with Crippen LogP contribution in [0.25, 0.3) is 0 Å². The van der Waals surface area contributed by atoms with Gasteiger partial charge in [-0.15, -0.1) is 0 Å².